The molecule has 0 radical (unpaired) electrons. The molecule has 2 aromatic rings. The van der Waals surface area contributed by atoms with Crippen LogP contribution in [0.3, 0.4) is 0 Å². The summed E-state index contributed by atoms with van der Waals surface area (Å²) in [7, 11) is 3.18. The van der Waals surface area contributed by atoms with Crippen LogP contribution < -0.4 is 15.2 Å². The highest BCUT2D eigenvalue weighted by Gasteiger charge is 2.20. The minimum absolute atomic E-state index is 0.223. The zero-order valence-corrected chi connectivity index (χ0v) is 12.1. The Morgan fingerprint density at radius 1 is 1.20 bits per heavy atom. The molecule has 1 aromatic carbocycles. The molecule has 0 aliphatic rings. The first-order chi connectivity index (χ1) is 9.56. The van der Waals surface area contributed by atoms with Gasteiger partial charge in [0.2, 0.25) is 11.7 Å². The lowest BCUT2D eigenvalue weighted by atomic mass is 10.1. The van der Waals surface area contributed by atoms with Gasteiger partial charge in [-0.25, -0.2) is 0 Å². The molecule has 20 heavy (non-hydrogen) atoms. The molecular formula is C14H19N3O3. The number of aromatic nitrogens is 2. The van der Waals surface area contributed by atoms with E-state index in [1.165, 1.54) is 0 Å². The number of hydrogen-bond donors (Lipinski definition) is 1. The first kappa shape index (κ1) is 14.3. The van der Waals surface area contributed by atoms with Crippen molar-refractivity contribution in [2.75, 3.05) is 14.2 Å². The first-order valence-electron chi connectivity index (χ1n) is 6.38. The van der Waals surface area contributed by atoms with Gasteiger partial charge in [0.25, 0.3) is 0 Å². The van der Waals surface area contributed by atoms with Gasteiger partial charge in [0.05, 0.1) is 25.8 Å². The van der Waals surface area contributed by atoms with Crippen LogP contribution in [-0.2, 0) is 0 Å². The molecule has 108 valence electrons. The highest BCUT2D eigenvalue weighted by molar-refractivity contribution is 5.65. The van der Waals surface area contributed by atoms with Crippen molar-refractivity contribution in [3.05, 3.63) is 24.1 Å². The van der Waals surface area contributed by atoms with Gasteiger partial charge < -0.3 is 19.7 Å². The second-order valence-electron chi connectivity index (χ2n) is 4.79. The van der Waals surface area contributed by atoms with Crippen LogP contribution in [0, 0.1) is 5.92 Å². The molecule has 1 heterocycles. The Kier molecular flexibility index (Phi) is 4.24. The van der Waals surface area contributed by atoms with Crippen molar-refractivity contribution in [1.29, 1.82) is 0 Å². The fourth-order valence-electron chi connectivity index (χ4n) is 1.75. The molecule has 0 saturated heterocycles. The van der Waals surface area contributed by atoms with Crippen LogP contribution in [0.5, 0.6) is 11.5 Å². The van der Waals surface area contributed by atoms with Crippen molar-refractivity contribution in [2.24, 2.45) is 11.7 Å². The van der Waals surface area contributed by atoms with Crippen LogP contribution in [0.1, 0.15) is 25.8 Å². The Hall–Kier alpha value is -2.08. The van der Waals surface area contributed by atoms with Gasteiger partial charge >= 0.3 is 0 Å². The third-order valence-electron chi connectivity index (χ3n) is 3.09. The topological polar surface area (TPSA) is 83.4 Å². The molecule has 0 aliphatic heterocycles. The van der Waals surface area contributed by atoms with Gasteiger partial charge in [0.15, 0.2) is 0 Å². The average molecular weight is 277 g/mol. The monoisotopic (exact) mass is 277 g/mol. The van der Waals surface area contributed by atoms with Crippen molar-refractivity contribution in [1.82, 2.24) is 10.1 Å². The zero-order valence-electron chi connectivity index (χ0n) is 12.1. The van der Waals surface area contributed by atoms with Crippen LogP contribution in [0.15, 0.2) is 22.7 Å². The predicted molar refractivity (Wildman–Crippen MR) is 74.6 cm³/mol. The van der Waals surface area contributed by atoms with Crippen LogP contribution in [-0.4, -0.2) is 24.4 Å². The van der Waals surface area contributed by atoms with Crippen molar-refractivity contribution in [2.45, 2.75) is 19.9 Å². The molecule has 0 amide bonds. The minimum Gasteiger partial charge on any atom is -0.497 e. The Morgan fingerprint density at radius 2 is 1.95 bits per heavy atom. The van der Waals surface area contributed by atoms with Gasteiger partial charge in [0, 0.05) is 6.07 Å². The first-order valence-corrected chi connectivity index (χ1v) is 6.38. The predicted octanol–water partition coefficient (Wildman–Crippen LogP) is 2.41. The Bertz CT molecular complexity index is 581. The van der Waals surface area contributed by atoms with Crippen LogP contribution in [0.25, 0.3) is 11.4 Å². The third-order valence-corrected chi connectivity index (χ3v) is 3.09. The van der Waals surface area contributed by atoms with Crippen molar-refractivity contribution < 1.29 is 14.0 Å². The Morgan fingerprint density at radius 3 is 2.55 bits per heavy atom. The van der Waals surface area contributed by atoms with E-state index in [-0.39, 0.29) is 12.0 Å². The van der Waals surface area contributed by atoms with E-state index in [1.807, 2.05) is 26.0 Å². The summed E-state index contributed by atoms with van der Waals surface area (Å²) >= 11 is 0. The number of ether oxygens (including phenoxy) is 2. The van der Waals surface area contributed by atoms with E-state index in [9.17, 15) is 0 Å². The van der Waals surface area contributed by atoms with Crippen LogP contribution in [0.2, 0.25) is 0 Å². The average Bonchev–Trinajstić information content (AvgIpc) is 2.95. The number of rotatable bonds is 5. The SMILES string of the molecule is COc1ccc(-c2noc([C@@H](N)C(C)C)n2)c(OC)c1. The highest BCUT2D eigenvalue weighted by Crippen LogP contribution is 2.32. The van der Waals surface area contributed by atoms with Gasteiger partial charge in [-0.3, -0.25) is 0 Å². The summed E-state index contributed by atoms with van der Waals surface area (Å²) in [6.45, 7) is 4.00. The van der Waals surface area contributed by atoms with E-state index in [1.54, 1.807) is 20.3 Å². The summed E-state index contributed by atoms with van der Waals surface area (Å²) < 4.78 is 15.7. The molecule has 6 nitrogen and oxygen atoms in total. The van der Waals surface area contributed by atoms with E-state index in [4.69, 9.17) is 19.7 Å². The number of hydrogen-bond acceptors (Lipinski definition) is 6. The molecule has 0 unspecified atom stereocenters. The molecular weight excluding hydrogens is 258 g/mol. The molecule has 6 heteroatoms. The highest BCUT2D eigenvalue weighted by atomic mass is 16.5. The molecule has 2 rings (SSSR count). The minimum atomic E-state index is -0.277. The summed E-state index contributed by atoms with van der Waals surface area (Å²) in [5, 5.41) is 3.97. The lowest BCUT2D eigenvalue weighted by Crippen LogP contribution is -2.16. The maximum absolute atomic E-state index is 6.00. The second-order valence-corrected chi connectivity index (χ2v) is 4.79. The fourth-order valence-corrected chi connectivity index (χ4v) is 1.75. The Labute approximate surface area is 117 Å². The van der Waals surface area contributed by atoms with E-state index in [0.717, 1.165) is 5.56 Å². The van der Waals surface area contributed by atoms with E-state index >= 15 is 0 Å². The van der Waals surface area contributed by atoms with Gasteiger partial charge in [-0.05, 0) is 18.1 Å². The second kappa shape index (κ2) is 5.92. The summed E-state index contributed by atoms with van der Waals surface area (Å²) in [5.74, 6) is 2.42. The standard InChI is InChI=1S/C14H19N3O3/c1-8(2)12(15)14-16-13(17-20-14)10-6-5-9(18-3)7-11(10)19-4/h5-8,12H,15H2,1-4H3/t12-/m0/s1. The van der Waals surface area contributed by atoms with Crippen LogP contribution >= 0.6 is 0 Å². The molecule has 0 aliphatic carbocycles. The normalized spacial score (nSPS) is 12.5. The van der Waals surface area contributed by atoms with Gasteiger partial charge in [-0.2, -0.15) is 4.98 Å². The quantitative estimate of drug-likeness (QED) is 0.903. The van der Waals surface area contributed by atoms with Crippen molar-refractivity contribution >= 4 is 0 Å². The van der Waals surface area contributed by atoms with E-state index < -0.39 is 0 Å². The summed E-state index contributed by atoms with van der Waals surface area (Å²) in [6, 6.07) is 5.14. The maximum atomic E-state index is 6.00. The number of benzene rings is 1. The van der Waals surface area contributed by atoms with E-state index in [0.29, 0.717) is 23.2 Å². The Balaban J connectivity index is 2.37. The molecule has 0 fully saturated rings. The number of methoxy groups -OCH3 is 2. The molecule has 0 spiro atoms. The molecule has 1 atom stereocenters. The summed E-state index contributed by atoms with van der Waals surface area (Å²) in [6.07, 6.45) is 0. The lowest BCUT2D eigenvalue weighted by Gasteiger charge is -2.09. The number of nitrogens with zero attached hydrogens (tertiary/aromatic N) is 2. The van der Waals surface area contributed by atoms with E-state index in [2.05, 4.69) is 10.1 Å². The largest absolute Gasteiger partial charge is 0.497 e. The summed E-state index contributed by atoms with van der Waals surface area (Å²) in [5.41, 5.74) is 6.73. The lowest BCUT2D eigenvalue weighted by molar-refractivity contribution is 0.325. The molecule has 1 aromatic heterocycles. The zero-order chi connectivity index (χ0) is 14.7. The fraction of sp³-hybridized carbons (Fsp3) is 0.429. The van der Waals surface area contributed by atoms with Gasteiger partial charge in [-0.15, -0.1) is 0 Å². The van der Waals surface area contributed by atoms with Gasteiger partial charge in [0.1, 0.15) is 11.5 Å². The molecule has 2 N–H and O–H groups in total. The molecule has 0 bridgehead atoms. The maximum Gasteiger partial charge on any atom is 0.244 e. The molecule has 0 saturated carbocycles. The van der Waals surface area contributed by atoms with Crippen LogP contribution in [0.4, 0.5) is 0 Å². The number of nitrogens with two attached hydrogens (primary N) is 1. The smallest absolute Gasteiger partial charge is 0.244 e. The van der Waals surface area contributed by atoms with Crippen molar-refractivity contribution in [3.8, 4) is 22.9 Å². The van der Waals surface area contributed by atoms with Crippen molar-refractivity contribution in [3.63, 3.8) is 0 Å². The third kappa shape index (κ3) is 2.75. The summed E-state index contributed by atoms with van der Waals surface area (Å²) in [4.78, 5) is 4.34. The van der Waals surface area contributed by atoms with Gasteiger partial charge in [-0.1, -0.05) is 19.0 Å².